The molecule has 0 saturated carbocycles. The van der Waals surface area contributed by atoms with E-state index in [0.29, 0.717) is 28.6 Å². The highest BCUT2D eigenvalue weighted by Gasteiger charge is 2.20. The van der Waals surface area contributed by atoms with Crippen molar-refractivity contribution in [1.29, 1.82) is 0 Å². The SMILES string of the molecule is CC[C@H](CNC(=O)[C@@H](C)Sc1nnc(-c2ccc(Cl)cc2)o1)c1ccccc1. The lowest BCUT2D eigenvalue weighted by Crippen LogP contribution is -2.34. The lowest BCUT2D eigenvalue weighted by Gasteiger charge is -2.17. The monoisotopic (exact) mass is 415 g/mol. The Labute approximate surface area is 173 Å². The molecule has 2 atom stereocenters. The lowest BCUT2D eigenvalue weighted by atomic mass is 9.96. The average molecular weight is 416 g/mol. The van der Waals surface area contributed by atoms with E-state index in [1.807, 2.05) is 37.3 Å². The molecule has 1 aromatic heterocycles. The van der Waals surface area contributed by atoms with Crippen molar-refractivity contribution in [3.63, 3.8) is 0 Å². The zero-order chi connectivity index (χ0) is 19.9. The van der Waals surface area contributed by atoms with Gasteiger partial charge in [-0.25, -0.2) is 0 Å². The Morgan fingerprint density at radius 2 is 1.86 bits per heavy atom. The van der Waals surface area contributed by atoms with E-state index in [2.05, 4.69) is 34.6 Å². The minimum Gasteiger partial charge on any atom is -0.411 e. The van der Waals surface area contributed by atoms with Gasteiger partial charge in [-0.2, -0.15) is 0 Å². The van der Waals surface area contributed by atoms with Crippen LogP contribution in [-0.4, -0.2) is 27.9 Å². The van der Waals surface area contributed by atoms with Crippen LogP contribution in [-0.2, 0) is 4.79 Å². The van der Waals surface area contributed by atoms with Gasteiger partial charge in [-0.15, -0.1) is 10.2 Å². The van der Waals surface area contributed by atoms with Crippen LogP contribution in [0.25, 0.3) is 11.5 Å². The predicted molar refractivity (Wildman–Crippen MR) is 113 cm³/mol. The maximum Gasteiger partial charge on any atom is 0.277 e. The van der Waals surface area contributed by atoms with Gasteiger partial charge in [0, 0.05) is 23.0 Å². The highest BCUT2D eigenvalue weighted by Crippen LogP contribution is 2.27. The quantitative estimate of drug-likeness (QED) is 0.513. The van der Waals surface area contributed by atoms with E-state index in [0.717, 1.165) is 12.0 Å². The van der Waals surface area contributed by atoms with Gasteiger partial charge in [0.1, 0.15) is 0 Å². The molecule has 1 N–H and O–H groups in total. The molecule has 0 saturated heterocycles. The van der Waals surface area contributed by atoms with Crippen LogP contribution in [0.5, 0.6) is 0 Å². The number of amides is 1. The summed E-state index contributed by atoms with van der Waals surface area (Å²) in [6.07, 6.45) is 0.958. The Kier molecular flexibility index (Phi) is 7.12. The summed E-state index contributed by atoms with van der Waals surface area (Å²) in [5.41, 5.74) is 2.02. The molecule has 146 valence electrons. The van der Waals surface area contributed by atoms with Crippen LogP contribution in [0.2, 0.25) is 5.02 Å². The van der Waals surface area contributed by atoms with Crippen LogP contribution in [0.15, 0.2) is 64.2 Å². The second kappa shape index (κ2) is 9.75. The third kappa shape index (κ3) is 5.36. The Hall–Kier alpha value is -2.31. The van der Waals surface area contributed by atoms with E-state index < -0.39 is 0 Å². The fraction of sp³-hybridized carbons (Fsp3) is 0.286. The maximum absolute atomic E-state index is 12.5. The van der Waals surface area contributed by atoms with Crippen molar-refractivity contribution in [2.45, 2.75) is 36.7 Å². The summed E-state index contributed by atoms with van der Waals surface area (Å²) in [5, 5.41) is 11.8. The number of benzene rings is 2. The molecule has 0 aliphatic carbocycles. The first-order chi connectivity index (χ1) is 13.6. The first-order valence-electron chi connectivity index (χ1n) is 9.15. The van der Waals surface area contributed by atoms with Gasteiger partial charge in [-0.1, -0.05) is 60.6 Å². The molecule has 28 heavy (non-hydrogen) atoms. The number of halogens is 1. The van der Waals surface area contributed by atoms with Crippen LogP contribution in [0, 0.1) is 0 Å². The lowest BCUT2D eigenvalue weighted by molar-refractivity contribution is -0.120. The zero-order valence-electron chi connectivity index (χ0n) is 15.8. The number of carbonyl (C=O) groups is 1. The van der Waals surface area contributed by atoms with Crippen LogP contribution in [0.1, 0.15) is 31.7 Å². The van der Waals surface area contributed by atoms with Gasteiger partial charge >= 0.3 is 0 Å². The second-order valence-electron chi connectivity index (χ2n) is 6.40. The van der Waals surface area contributed by atoms with Gasteiger partial charge in [0.05, 0.1) is 5.25 Å². The number of aromatic nitrogens is 2. The van der Waals surface area contributed by atoms with Crippen molar-refractivity contribution in [3.8, 4) is 11.5 Å². The van der Waals surface area contributed by atoms with E-state index >= 15 is 0 Å². The average Bonchev–Trinajstić information content (AvgIpc) is 3.18. The molecule has 0 bridgehead atoms. The highest BCUT2D eigenvalue weighted by atomic mass is 35.5. The van der Waals surface area contributed by atoms with Gasteiger partial charge < -0.3 is 9.73 Å². The zero-order valence-corrected chi connectivity index (χ0v) is 17.3. The first-order valence-corrected chi connectivity index (χ1v) is 10.4. The first kappa shape index (κ1) is 20.4. The molecule has 0 aliphatic rings. The Morgan fingerprint density at radius 3 is 2.54 bits per heavy atom. The van der Waals surface area contributed by atoms with Crippen molar-refractivity contribution in [2.24, 2.45) is 0 Å². The van der Waals surface area contributed by atoms with Crippen molar-refractivity contribution < 1.29 is 9.21 Å². The van der Waals surface area contributed by atoms with Crippen molar-refractivity contribution in [2.75, 3.05) is 6.54 Å². The molecule has 0 radical (unpaired) electrons. The fourth-order valence-corrected chi connectivity index (χ4v) is 3.60. The molecule has 3 aromatic rings. The standard InChI is InChI=1S/C21H22ClN3O2S/c1-3-15(16-7-5-4-6-8-16)13-23-19(26)14(2)28-21-25-24-20(27-21)17-9-11-18(22)12-10-17/h4-12,14-15H,3,13H2,1-2H3,(H,23,26)/t14-,15-/m1/s1. The van der Waals surface area contributed by atoms with Crippen LogP contribution in [0.4, 0.5) is 0 Å². The molecular weight excluding hydrogens is 394 g/mol. The molecule has 0 aliphatic heterocycles. The van der Waals surface area contributed by atoms with Gasteiger partial charge in [-0.3, -0.25) is 4.79 Å². The highest BCUT2D eigenvalue weighted by molar-refractivity contribution is 8.00. The molecule has 0 unspecified atom stereocenters. The number of nitrogens with one attached hydrogen (secondary N) is 1. The molecule has 7 heteroatoms. The molecule has 1 amide bonds. The number of nitrogens with zero attached hydrogens (tertiary/aromatic N) is 2. The summed E-state index contributed by atoms with van der Waals surface area (Å²) in [6, 6.07) is 17.4. The van der Waals surface area contributed by atoms with E-state index in [-0.39, 0.29) is 11.2 Å². The van der Waals surface area contributed by atoms with E-state index in [1.165, 1.54) is 17.3 Å². The number of hydrogen-bond acceptors (Lipinski definition) is 5. The van der Waals surface area contributed by atoms with Crippen molar-refractivity contribution >= 4 is 29.3 Å². The molecule has 0 fully saturated rings. The second-order valence-corrected chi connectivity index (χ2v) is 8.13. The van der Waals surface area contributed by atoms with Gasteiger partial charge in [-0.05, 0) is 43.2 Å². The number of hydrogen-bond donors (Lipinski definition) is 1. The summed E-state index contributed by atoms with van der Waals surface area (Å²) in [4.78, 5) is 12.5. The molecular formula is C21H22ClN3O2S. The molecule has 2 aromatic carbocycles. The fourth-order valence-electron chi connectivity index (χ4n) is 2.76. The molecule has 5 nitrogen and oxygen atoms in total. The Bertz CT molecular complexity index is 900. The summed E-state index contributed by atoms with van der Waals surface area (Å²) < 4.78 is 5.66. The molecule has 1 heterocycles. The largest absolute Gasteiger partial charge is 0.411 e. The smallest absolute Gasteiger partial charge is 0.277 e. The predicted octanol–water partition coefficient (Wildman–Crippen LogP) is 5.18. The summed E-state index contributed by atoms with van der Waals surface area (Å²) in [6.45, 7) is 4.55. The number of carbonyl (C=O) groups excluding carboxylic acids is 1. The van der Waals surface area contributed by atoms with E-state index in [9.17, 15) is 4.79 Å². The van der Waals surface area contributed by atoms with Gasteiger partial charge in [0.15, 0.2) is 0 Å². The molecule has 3 rings (SSSR count). The summed E-state index contributed by atoms with van der Waals surface area (Å²) in [7, 11) is 0. The minimum absolute atomic E-state index is 0.0503. The summed E-state index contributed by atoms with van der Waals surface area (Å²) in [5.74, 6) is 0.648. The van der Waals surface area contributed by atoms with Crippen LogP contribution >= 0.6 is 23.4 Å². The van der Waals surface area contributed by atoms with E-state index in [1.54, 1.807) is 12.1 Å². The minimum atomic E-state index is -0.341. The summed E-state index contributed by atoms with van der Waals surface area (Å²) >= 11 is 7.14. The number of thioether (sulfide) groups is 1. The Morgan fingerprint density at radius 1 is 1.14 bits per heavy atom. The topological polar surface area (TPSA) is 68.0 Å². The van der Waals surface area contributed by atoms with Crippen LogP contribution < -0.4 is 5.32 Å². The van der Waals surface area contributed by atoms with Gasteiger partial charge in [0.25, 0.3) is 5.22 Å². The van der Waals surface area contributed by atoms with Gasteiger partial charge in [0.2, 0.25) is 11.8 Å². The maximum atomic E-state index is 12.5. The number of rotatable bonds is 8. The Balaban J connectivity index is 1.55. The molecule has 0 spiro atoms. The van der Waals surface area contributed by atoms with Crippen molar-refractivity contribution in [3.05, 3.63) is 65.2 Å². The third-order valence-corrected chi connectivity index (χ3v) is 5.62. The normalized spacial score (nSPS) is 13.1. The van der Waals surface area contributed by atoms with Crippen molar-refractivity contribution in [1.82, 2.24) is 15.5 Å². The van der Waals surface area contributed by atoms with E-state index in [4.69, 9.17) is 16.0 Å². The van der Waals surface area contributed by atoms with Crippen LogP contribution in [0.3, 0.4) is 0 Å². The third-order valence-electron chi connectivity index (χ3n) is 4.43.